The van der Waals surface area contributed by atoms with Gasteiger partial charge in [-0.1, -0.05) is 35.9 Å². The van der Waals surface area contributed by atoms with Crippen LogP contribution in [0.15, 0.2) is 65.4 Å². The average molecular weight is 360 g/mol. The molecule has 0 aliphatic carbocycles. The van der Waals surface area contributed by atoms with Crippen molar-refractivity contribution in [3.8, 4) is 0 Å². The molecule has 3 rings (SSSR count). The topological polar surface area (TPSA) is 29.1 Å². The van der Waals surface area contributed by atoms with Crippen LogP contribution in [-0.2, 0) is 11.2 Å². The minimum Gasteiger partial charge on any atom is -0.345 e. The van der Waals surface area contributed by atoms with E-state index in [0.717, 1.165) is 11.1 Å². The predicted molar refractivity (Wildman–Crippen MR) is 95.9 cm³/mol. The molecule has 5 heteroatoms. The summed E-state index contributed by atoms with van der Waals surface area (Å²) in [4.78, 5) is 12.4. The molecule has 0 fully saturated rings. The van der Waals surface area contributed by atoms with E-state index in [1.54, 1.807) is 35.6 Å². The minimum atomic E-state index is -0.340. The lowest BCUT2D eigenvalue weighted by Gasteiger charge is -2.19. The Morgan fingerprint density at radius 2 is 1.92 bits per heavy atom. The number of rotatable bonds is 5. The highest BCUT2D eigenvalue weighted by Gasteiger charge is 2.17. The first kappa shape index (κ1) is 16.7. The van der Waals surface area contributed by atoms with Crippen LogP contribution >= 0.6 is 22.9 Å². The van der Waals surface area contributed by atoms with Gasteiger partial charge in [0.15, 0.2) is 0 Å². The first-order valence-electron chi connectivity index (χ1n) is 7.43. The summed E-state index contributed by atoms with van der Waals surface area (Å²) in [6.45, 7) is 0. The van der Waals surface area contributed by atoms with Gasteiger partial charge in [-0.25, -0.2) is 4.39 Å². The van der Waals surface area contributed by atoms with E-state index in [1.807, 2.05) is 29.0 Å². The minimum absolute atomic E-state index is 0.131. The summed E-state index contributed by atoms with van der Waals surface area (Å²) < 4.78 is 13.3. The number of carbonyl (C=O) groups excluding carboxylic acids is 1. The van der Waals surface area contributed by atoms with E-state index in [2.05, 4.69) is 5.32 Å². The Morgan fingerprint density at radius 1 is 1.12 bits per heavy atom. The number of hydrogen-bond acceptors (Lipinski definition) is 2. The second-order valence-electron chi connectivity index (χ2n) is 5.42. The number of hydrogen-bond donors (Lipinski definition) is 1. The van der Waals surface area contributed by atoms with Gasteiger partial charge in [0.25, 0.3) is 0 Å². The monoisotopic (exact) mass is 359 g/mol. The van der Waals surface area contributed by atoms with Crippen LogP contribution in [-0.4, -0.2) is 5.91 Å². The average Bonchev–Trinajstić information content (AvgIpc) is 3.08. The molecule has 1 heterocycles. The third-order valence-corrected chi connectivity index (χ3v) is 4.59. The number of thiophene rings is 1. The fourth-order valence-electron chi connectivity index (χ4n) is 2.50. The molecular formula is C19H15ClFNOS. The highest BCUT2D eigenvalue weighted by atomic mass is 35.5. The summed E-state index contributed by atoms with van der Waals surface area (Å²) in [6.07, 6.45) is 0.131. The summed E-state index contributed by atoms with van der Waals surface area (Å²) in [7, 11) is 0. The molecule has 0 spiro atoms. The van der Waals surface area contributed by atoms with Gasteiger partial charge in [-0.3, -0.25) is 4.79 Å². The lowest BCUT2D eigenvalue weighted by Crippen LogP contribution is -2.30. The van der Waals surface area contributed by atoms with E-state index in [9.17, 15) is 9.18 Å². The van der Waals surface area contributed by atoms with Gasteiger partial charge >= 0.3 is 0 Å². The first-order chi connectivity index (χ1) is 11.6. The van der Waals surface area contributed by atoms with Crippen LogP contribution in [0.4, 0.5) is 4.39 Å². The van der Waals surface area contributed by atoms with Crippen molar-refractivity contribution in [3.63, 3.8) is 0 Å². The summed E-state index contributed by atoms with van der Waals surface area (Å²) in [5.74, 6) is -0.501. The van der Waals surface area contributed by atoms with Crippen LogP contribution < -0.4 is 5.32 Å². The predicted octanol–water partition coefficient (Wildman–Crippen LogP) is 4.99. The van der Waals surface area contributed by atoms with Crippen molar-refractivity contribution < 1.29 is 9.18 Å². The second kappa shape index (κ2) is 7.60. The summed E-state index contributed by atoms with van der Waals surface area (Å²) in [5.41, 5.74) is 2.60. The highest BCUT2D eigenvalue weighted by molar-refractivity contribution is 7.08. The highest BCUT2D eigenvalue weighted by Crippen LogP contribution is 2.25. The maximum Gasteiger partial charge on any atom is 0.225 e. The Morgan fingerprint density at radius 3 is 2.58 bits per heavy atom. The van der Waals surface area contributed by atoms with Gasteiger partial charge in [0.2, 0.25) is 5.91 Å². The molecular weight excluding hydrogens is 345 g/mol. The van der Waals surface area contributed by atoms with E-state index in [-0.39, 0.29) is 24.2 Å². The zero-order valence-corrected chi connectivity index (χ0v) is 14.3. The molecule has 0 aliphatic rings. The lowest BCUT2D eigenvalue weighted by molar-refractivity contribution is -0.120. The van der Waals surface area contributed by atoms with Crippen LogP contribution in [0.2, 0.25) is 5.02 Å². The van der Waals surface area contributed by atoms with E-state index < -0.39 is 0 Å². The molecule has 0 aliphatic heterocycles. The third kappa shape index (κ3) is 4.22. The number of amides is 1. The van der Waals surface area contributed by atoms with Gasteiger partial charge in [-0.05, 0) is 57.8 Å². The SMILES string of the molecule is O=C(Cc1cccc(F)c1)N[C@H](c1ccc(Cl)cc1)c1ccsc1. The second-order valence-corrected chi connectivity index (χ2v) is 6.63. The molecule has 1 N–H and O–H groups in total. The van der Waals surface area contributed by atoms with Crippen molar-refractivity contribution >= 4 is 28.8 Å². The molecule has 0 bridgehead atoms. The maximum atomic E-state index is 13.3. The van der Waals surface area contributed by atoms with Crippen LogP contribution in [0.3, 0.4) is 0 Å². The standard InChI is InChI=1S/C19H15ClFNOS/c20-16-6-4-14(5-7-16)19(15-8-9-24-12-15)22-18(23)11-13-2-1-3-17(21)10-13/h1-10,12,19H,11H2,(H,22,23)/t19-/m1/s1. The van der Waals surface area contributed by atoms with Gasteiger partial charge in [0, 0.05) is 5.02 Å². The van der Waals surface area contributed by atoms with E-state index in [4.69, 9.17) is 11.6 Å². The molecule has 122 valence electrons. The number of benzene rings is 2. The summed E-state index contributed by atoms with van der Waals surface area (Å²) >= 11 is 7.52. The molecule has 2 aromatic carbocycles. The molecule has 1 amide bonds. The molecule has 1 aromatic heterocycles. The van der Waals surface area contributed by atoms with Gasteiger partial charge in [-0.15, -0.1) is 0 Å². The van der Waals surface area contributed by atoms with Crippen molar-refractivity contribution in [3.05, 3.63) is 92.9 Å². The lowest BCUT2D eigenvalue weighted by atomic mass is 10.0. The molecule has 24 heavy (non-hydrogen) atoms. The zero-order chi connectivity index (χ0) is 16.9. The van der Waals surface area contributed by atoms with Crippen molar-refractivity contribution in [1.82, 2.24) is 5.32 Å². The van der Waals surface area contributed by atoms with Crippen molar-refractivity contribution in [2.75, 3.05) is 0 Å². The van der Waals surface area contributed by atoms with Crippen LogP contribution in [0.1, 0.15) is 22.7 Å². The molecule has 3 aromatic rings. The molecule has 0 saturated carbocycles. The Balaban J connectivity index is 1.79. The summed E-state index contributed by atoms with van der Waals surface area (Å²) in [5, 5.41) is 7.64. The third-order valence-electron chi connectivity index (χ3n) is 3.64. The van der Waals surface area contributed by atoms with Gasteiger partial charge < -0.3 is 5.32 Å². The zero-order valence-electron chi connectivity index (χ0n) is 12.7. The van der Waals surface area contributed by atoms with Crippen molar-refractivity contribution in [2.24, 2.45) is 0 Å². The van der Waals surface area contributed by atoms with E-state index in [1.165, 1.54) is 12.1 Å². The molecule has 0 radical (unpaired) electrons. The number of nitrogens with one attached hydrogen (secondary N) is 1. The maximum absolute atomic E-state index is 13.3. The smallest absolute Gasteiger partial charge is 0.225 e. The summed E-state index contributed by atoms with van der Waals surface area (Å²) in [6, 6.07) is 15.2. The molecule has 1 atom stereocenters. The Bertz CT molecular complexity index is 818. The molecule has 0 saturated heterocycles. The Kier molecular flexibility index (Phi) is 5.28. The first-order valence-corrected chi connectivity index (χ1v) is 8.75. The van der Waals surface area contributed by atoms with Crippen molar-refractivity contribution in [2.45, 2.75) is 12.5 Å². The molecule has 0 unspecified atom stereocenters. The van der Waals surface area contributed by atoms with Gasteiger partial charge in [-0.2, -0.15) is 11.3 Å². The number of halogens is 2. The van der Waals surface area contributed by atoms with Crippen LogP contribution in [0, 0.1) is 5.82 Å². The van der Waals surface area contributed by atoms with E-state index >= 15 is 0 Å². The van der Waals surface area contributed by atoms with Gasteiger partial charge in [0.1, 0.15) is 5.82 Å². The Hall–Kier alpha value is -2.17. The van der Waals surface area contributed by atoms with Crippen LogP contribution in [0.25, 0.3) is 0 Å². The normalized spacial score (nSPS) is 11.9. The largest absolute Gasteiger partial charge is 0.345 e. The Labute approximate surface area is 148 Å². The van der Waals surface area contributed by atoms with Crippen LogP contribution in [0.5, 0.6) is 0 Å². The van der Waals surface area contributed by atoms with Crippen molar-refractivity contribution in [1.29, 1.82) is 0 Å². The quantitative estimate of drug-likeness (QED) is 0.683. The number of carbonyl (C=O) groups is 1. The fraction of sp³-hybridized carbons (Fsp3) is 0.105. The van der Waals surface area contributed by atoms with Gasteiger partial charge in [0.05, 0.1) is 12.5 Å². The fourth-order valence-corrected chi connectivity index (χ4v) is 3.31. The molecule has 2 nitrogen and oxygen atoms in total. The van der Waals surface area contributed by atoms with E-state index in [0.29, 0.717) is 10.6 Å².